The molecule has 0 bridgehead atoms. The van der Waals surface area contributed by atoms with Gasteiger partial charge in [-0.05, 0) is 55.0 Å². The van der Waals surface area contributed by atoms with Crippen LogP contribution in [0.4, 0.5) is 10.5 Å². The van der Waals surface area contributed by atoms with Gasteiger partial charge in [0.2, 0.25) is 0 Å². The van der Waals surface area contributed by atoms with Crippen LogP contribution in [0.5, 0.6) is 0 Å². The van der Waals surface area contributed by atoms with Crippen LogP contribution in [-0.2, 0) is 14.2 Å². The molecular formula is C29H34N2O6. The van der Waals surface area contributed by atoms with E-state index in [0.717, 1.165) is 30.0 Å². The van der Waals surface area contributed by atoms with Crippen LogP contribution in [0.1, 0.15) is 36.5 Å². The van der Waals surface area contributed by atoms with Crippen molar-refractivity contribution in [3.05, 3.63) is 89.5 Å². The Bertz CT molecular complexity index is 1150. The molecule has 3 aliphatic rings. The summed E-state index contributed by atoms with van der Waals surface area (Å²) < 4.78 is 17.2. The average molecular weight is 507 g/mol. The number of ether oxygens (including phenoxy) is 3. The molecule has 1 aromatic carbocycles. The molecule has 0 atom stereocenters. The van der Waals surface area contributed by atoms with Crippen molar-refractivity contribution < 1.29 is 28.9 Å². The highest BCUT2D eigenvalue weighted by atomic mass is 16.6. The second kappa shape index (κ2) is 11.5. The minimum absolute atomic E-state index is 0.183. The van der Waals surface area contributed by atoms with Crippen LogP contribution in [0.15, 0.2) is 83.9 Å². The summed E-state index contributed by atoms with van der Waals surface area (Å²) in [6, 6.07) is 6.31. The lowest BCUT2D eigenvalue weighted by atomic mass is 9.91. The first kappa shape index (κ1) is 26.3. The van der Waals surface area contributed by atoms with Crippen molar-refractivity contribution >= 4 is 17.7 Å². The van der Waals surface area contributed by atoms with Crippen molar-refractivity contribution in [1.82, 2.24) is 4.90 Å². The van der Waals surface area contributed by atoms with E-state index >= 15 is 0 Å². The van der Waals surface area contributed by atoms with Gasteiger partial charge in [0.25, 0.3) is 0 Å². The number of anilines is 1. The number of amides is 1. The number of carbonyl (C=O) groups excluding carboxylic acids is 1. The van der Waals surface area contributed by atoms with E-state index in [-0.39, 0.29) is 11.7 Å². The third-order valence-electron chi connectivity index (χ3n) is 6.84. The Morgan fingerprint density at radius 2 is 1.92 bits per heavy atom. The van der Waals surface area contributed by atoms with Gasteiger partial charge in [0.15, 0.2) is 0 Å². The van der Waals surface area contributed by atoms with Crippen LogP contribution >= 0.6 is 0 Å². The van der Waals surface area contributed by atoms with Crippen molar-refractivity contribution in [3.63, 3.8) is 0 Å². The molecule has 0 unspecified atom stereocenters. The van der Waals surface area contributed by atoms with E-state index in [2.05, 4.69) is 17.6 Å². The first-order valence-electron chi connectivity index (χ1n) is 12.5. The van der Waals surface area contributed by atoms with Gasteiger partial charge in [-0.1, -0.05) is 18.7 Å². The summed E-state index contributed by atoms with van der Waals surface area (Å²) in [6.45, 7) is 9.46. The van der Waals surface area contributed by atoms with E-state index in [1.165, 1.54) is 12.1 Å². The SMILES string of the molecule is C=C1/C=C(CN2CCC3(CC2)CN(c2ccc(C(=O)O)cc2)C(=O)O3)\C=C(\OCC)C/C=C\C=C/1OC. The predicted octanol–water partition coefficient (Wildman–Crippen LogP) is 5.07. The monoisotopic (exact) mass is 506 g/mol. The fourth-order valence-electron chi connectivity index (χ4n) is 4.87. The van der Waals surface area contributed by atoms with Crippen molar-refractivity contribution in [2.75, 3.05) is 44.8 Å². The van der Waals surface area contributed by atoms with Crippen LogP contribution in [0.25, 0.3) is 0 Å². The van der Waals surface area contributed by atoms with Crippen molar-refractivity contribution in [3.8, 4) is 0 Å². The number of allylic oxidation sites excluding steroid dienone is 4. The molecule has 2 heterocycles. The zero-order valence-corrected chi connectivity index (χ0v) is 21.4. The summed E-state index contributed by atoms with van der Waals surface area (Å²) in [4.78, 5) is 27.8. The van der Waals surface area contributed by atoms with E-state index in [1.807, 2.05) is 31.2 Å². The zero-order chi connectivity index (χ0) is 26.4. The summed E-state index contributed by atoms with van der Waals surface area (Å²) in [7, 11) is 1.64. The van der Waals surface area contributed by atoms with Gasteiger partial charge in [-0.25, -0.2) is 9.59 Å². The summed E-state index contributed by atoms with van der Waals surface area (Å²) in [5.41, 5.74) is 2.15. The van der Waals surface area contributed by atoms with E-state index in [4.69, 9.17) is 19.3 Å². The molecule has 2 aliphatic heterocycles. The zero-order valence-electron chi connectivity index (χ0n) is 21.4. The van der Waals surface area contributed by atoms with Crippen LogP contribution in [0.2, 0.25) is 0 Å². The fraction of sp³-hybridized carbons (Fsp3) is 0.379. The van der Waals surface area contributed by atoms with Gasteiger partial charge in [-0.15, -0.1) is 0 Å². The van der Waals surface area contributed by atoms with E-state index in [0.29, 0.717) is 50.4 Å². The molecule has 1 N–H and O–H groups in total. The lowest BCUT2D eigenvalue weighted by molar-refractivity contribution is 0.00316. The number of nitrogens with zero attached hydrogens (tertiary/aromatic N) is 2. The number of aromatic carboxylic acids is 1. The highest BCUT2D eigenvalue weighted by Gasteiger charge is 2.47. The van der Waals surface area contributed by atoms with Crippen LogP contribution in [0, 0.1) is 0 Å². The lowest BCUT2D eigenvalue weighted by Crippen LogP contribution is -2.47. The fourth-order valence-corrected chi connectivity index (χ4v) is 4.87. The number of hydrogen-bond acceptors (Lipinski definition) is 6. The Balaban J connectivity index is 1.43. The molecule has 0 radical (unpaired) electrons. The Morgan fingerprint density at radius 3 is 2.57 bits per heavy atom. The maximum atomic E-state index is 12.7. The highest BCUT2D eigenvalue weighted by Crippen LogP contribution is 2.36. The van der Waals surface area contributed by atoms with E-state index in [1.54, 1.807) is 24.1 Å². The molecular weight excluding hydrogens is 472 g/mol. The molecule has 8 nitrogen and oxygen atoms in total. The molecule has 1 aromatic rings. The molecule has 0 aromatic heterocycles. The van der Waals surface area contributed by atoms with Crippen molar-refractivity contribution in [2.24, 2.45) is 0 Å². The summed E-state index contributed by atoms with van der Waals surface area (Å²) >= 11 is 0. The Morgan fingerprint density at radius 1 is 1.19 bits per heavy atom. The summed E-state index contributed by atoms with van der Waals surface area (Å²) in [6.07, 6.45) is 11.7. The molecule has 37 heavy (non-hydrogen) atoms. The topological polar surface area (TPSA) is 88.5 Å². The molecule has 4 rings (SSSR count). The van der Waals surface area contributed by atoms with Crippen molar-refractivity contribution in [1.29, 1.82) is 0 Å². The third kappa shape index (κ3) is 6.32. The minimum Gasteiger partial charge on any atom is -0.498 e. The maximum Gasteiger partial charge on any atom is 0.415 e. The lowest BCUT2D eigenvalue weighted by Gasteiger charge is -2.37. The third-order valence-corrected chi connectivity index (χ3v) is 6.84. The highest BCUT2D eigenvalue weighted by molar-refractivity contribution is 5.92. The number of benzene rings is 1. The largest absolute Gasteiger partial charge is 0.498 e. The van der Waals surface area contributed by atoms with Crippen LogP contribution in [-0.4, -0.2) is 67.6 Å². The molecule has 196 valence electrons. The molecule has 0 saturated carbocycles. The number of carboxylic acids is 1. The van der Waals surface area contributed by atoms with Gasteiger partial charge in [0.05, 0.1) is 31.6 Å². The molecule has 1 spiro atoms. The number of piperidine rings is 1. The number of carbonyl (C=O) groups is 2. The van der Waals surface area contributed by atoms with Crippen LogP contribution in [0.3, 0.4) is 0 Å². The van der Waals surface area contributed by atoms with Gasteiger partial charge in [-0.2, -0.15) is 0 Å². The molecule has 2 fully saturated rings. The predicted molar refractivity (Wildman–Crippen MR) is 141 cm³/mol. The first-order valence-corrected chi connectivity index (χ1v) is 12.5. The van der Waals surface area contributed by atoms with Gasteiger partial charge >= 0.3 is 12.1 Å². The first-order chi connectivity index (χ1) is 17.8. The van der Waals surface area contributed by atoms with Gasteiger partial charge < -0.3 is 19.3 Å². The Hall–Kier alpha value is -3.78. The van der Waals surface area contributed by atoms with Gasteiger partial charge in [0, 0.05) is 50.2 Å². The number of likely N-dealkylation sites (tertiary alicyclic amines) is 1. The van der Waals surface area contributed by atoms with Gasteiger partial charge in [0.1, 0.15) is 11.4 Å². The molecule has 1 amide bonds. The molecule has 8 heteroatoms. The van der Waals surface area contributed by atoms with Crippen LogP contribution < -0.4 is 4.90 Å². The second-order valence-electron chi connectivity index (χ2n) is 9.42. The number of rotatable bonds is 7. The standard InChI is InChI=1S/C29H34N2O6/c1-4-36-25-7-5-6-8-26(35-3)21(2)17-22(18-25)19-30-15-13-29(14-16-30)20-31(28(34)37-29)24-11-9-23(10-12-24)27(32)33/h5-6,8-12,17-18H,2,4,7,13-16,19-20H2,1,3H3,(H,32,33)/b6-5-,22-17+,25-18+,26-8+. The maximum absolute atomic E-state index is 12.7. The van der Waals surface area contributed by atoms with E-state index < -0.39 is 11.6 Å². The van der Waals surface area contributed by atoms with Gasteiger partial charge in [-0.3, -0.25) is 9.80 Å². The molecule has 1 aliphatic carbocycles. The quantitative estimate of drug-likeness (QED) is 0.552. The van der Waals surface area contributed by atoms with E-state index in [9.17, 15) is 9.59 Å². The normalized spacial score (nSPS) is 25.2. The number of methoxy groups -OCH3 is 1. The smallest absolute Gasteiger partial charge is 0.415 e. The molecule has 2 saturated heterocycles. The minimum atomic E-state index is -0.997. The summed E-state index contributed by atoms with van der Waals surface area (Å²) in [5.74, 6) is 0.617. The second-order valence-corrected chi connectivity index (χ2v) is 9.42. The summed E-state index contributed by atoms with van der Waals surface area (Å²) in [5, 5.41) is 9.13. The number of hydrogen-bond donors (Lipinski definition) is 1. The van der Waals surface area contributed by atoms with Crippen molar-refractivity contribution in [2.45, 2.75) is 31.8 Å². The number of carboxylic acid groups (broad SMARTS) is 1. The Kier molecular flexibility index (Phi) is 8.18. The average Bonchev–Trinajstić information content (AvgIpc) is 3.20. The Labute approximate surface area is 217 Å².